The Balaban J connectivity index is 1.94. The molecule has 6 nitrogen and oxygen atoms in total. The van der Waals surface area contributed by atoms with Gasteiger partial charge in [-0.3, -0.25) is 24.3 Å². The van der Waals surface area contributed by atoms with Crippen molar-refractivity contribution in [2.45, 2.75) is 18.9 Å². The summed E-state index contributed by atoms with van der Waals surface area (Å²) >= 11 is 0. The first-order chi connectivity index (χ1) is 8.63. The molecule has 102 valence electrons. The number of aliphatic hydroxyl groups is 1. The fourth-order valence-electron chi connectivity index (χ4n) is 2.69. The molecule has 2 fully saturated rings. The molecule has 0 radical (unpaired) electrons. The summed E-state index contributed by atoms with van der Waals surface area (Å²) in [5, 5.41) is 8.94. The summed E-state index contributed by atoms with van der Waals surface area (Å²) in [6.45, 7) is 4.29. The summed E-state index contributed by atoms with van der Waals surface area (Å²) in [5.74, 6) is -0.155. The molecule has 0 aliphatic carbocycles. The smallest absolute Gasteiger partial charge is 0.246 e. The number of likely N-dealkylation sites (tertiary alicyclic amines) is 1. The van der Waals surface area contributed by atoms with Crippen LogP contribution >= 0.6 is 0 Å². The third-order valence-electron chi connectivity index (χ3n) is 3.84. The minimum Gasteiger partial charge on any atom is -0.395 e. The Kier molecular flexibility index (Phi) is 4.31. The average Bonchev–Trinajstić information content (AvgIpc) is 2.58. The Morgan fingerprint density at radius 3 is 2.61 bits per heavy atom. The van der Waals surface area contributed by atoms with Crippen molar-refractivity contribution in [2.75, 3.05) is 46.4 Å². The molecule has 0 saturated carbocycles. The van der Waals surface area contributed by atoms with E-state index in [2.05, 4.69) is 9.80 Å². The zero-order valence-corrected chi connectivity index (χ0v) is 10.8. The number of hydrogen-bond acceptors (Lipinski definition) is 5. The molecule has 2 aliphatic heterocycles. The largest absolute Gasteiger partial charge is 0.395 e. The quantitative estimate of drug-likeness (QED) is 0.638. The van der Waals surface area contributed by atoms with Crippen LogP contribution in [-0.4, -0.2) is 84.0 Å². The first-order valence-electron chi connectivity index (χ1n) is 6.51. The highest BCUT2D eigenvalue weighted by molar-refractivity contribution is 6.05. The summed E-state index contributed by atoms with van der Waals surface area (Å²) in [5.41, 5.74) is 0. The summed E-state index contributed by atoms with van der Waals surface area (Å²) in [4.78, 5) is 29.0. The molecule has 0 spiro atoms. The molecular formula is C12H21N3O3. The lowest BCUT2D eigenvalue weighted by Crippen LogP contribution is -2.43. The molecule has 2 saturated heterocycles. The molecule has 1 atom stereocenters. The summed E-state index contributed by atoms with van der Waals surface area (Å²) < 4.78 is 0. The summed E-state index contributed by atoms with van der Waals surface area (Å²) in [6, 6.07) is -0.267. The lowest BCUT2D eigenvalue weighted by Gasteiger charge is -2.25. The SMILES string of the molecule is CN1C(=O)CC(N2CCCN(CCO)CC2)C1=O. The Morgan fingerprint density at radius 1 is 1.22 bits per heavy atom. The number of imide groups is 1. The average molecular weight is 255 g/mol. The maximum atomic E-state index is 11.9. The minimum absolute atomic E-state index is 0.0735. The Labute approximate surface area is 107 Å². The zero-order valence-electron chi connectivity index (χ0n) is 10.8. The van der Waals surface area contributed by atoms with Crippen molar-refractivity contribution in [3.05, 3.63) is 0 Å². The number of aliphatic hydroxyl groups excluding tert-OH is 1. The number of likely N-dealkylation sites (N-methyl/N-ethyl adjacent to an activating group) is 1. The third-order valence-corrected chi connectivity index (χ3v) is 3.84. The molecule has 2 heterocycles. The molecule has 0 aromatic carbocycles. The summed E-state index contributed by atoms with van der Waals surface area (Å²) in [7, 11) is 1.56. The van der Waals surface area contributed by atoms with Crippen LogP contribution in [0.5, 0.6) is 0 Å². The lowest BCUT2D eigenvalue weighted by atomic mass is 10.2. The van der Waals surface area contributed by atoms with Crippen molar-refractivity contribution in [3.63, 3.8) is 0 Å². The van der Waals surface area contributed by atoms with Gasteiger partial charge in [-0.1, -0.05) is 0 Å². The van der Waals surface area contributed by atoms with Crippen LogP contribution in [0.2, 0.25) is 0 Å². The van der Waals surface area contributed by atoms with Gasteiger partial charge in [0, 0.05) is 33.2 Å². The van der Waals surface area contributed by atoms with Crippen LogP contribution < -0.4 is 0 Å². The number of carbonyl (C=O) groups excluding carboxylic acids is 2. The number of carbonyl (C=O) groups is 2. The van der Waals surface area contributed by atoms with E-state index in [-0.39, 0.29) is 24.5 Å². The normalized spacial score (nSPS) is 27.9. The van der Waals surface area contributed by atoms with Gasteiger partial charge in [0.25, 0.3) is 0 Å². The topological polar surface area (TPSA) is 64.1 Å². The minimum atomic E-state index is -0.267. The zero-order chi connectivity index (χ0) is 13.1. The van der Waals surface area contributed by atoms with E-state index in [1.807, 2.05) is 0 Å². The molecule has 2 aliphatic rings. The lowest BCUT2D eigenvalue weighted by molar-refractivity contribution is -0.138. The van der Waals surface area contributed by atoms with E-state index in [0.29, 0.717) is 13.0 Å². The van der Waals surface area contributed by atoms with Crippen LogP contribution in [0.3, 0.4) is 0 Å². The van der Waals surface area contributed by atoms with Crippen LogP contribution in [-0.2, 0) is 9.59 Å². The van der Waals surface area contributed by atoms with Gasteiger partial charge in [0.15, 0.2) is 0 Å². The first kappa shape index (κ1) is 13.5. The van der Waals surface area contributed by atoms with E-state index in [1.54, 1.807) is 7.05 Å². The summed E-state index contributed by atoms with van der Waals surface area (Å²) in [6.07, 6.45) is 1.29. The number of β-amino-alcohol motifs (C(OH)–C–C–N with tert-alkyl or cyclic N) is 1. The van der Waals surface area contributed by atoms with Crippen molar-refractivity contribution in [3.8, 4) is 0 Å². The molecule has 0 bridgehead atoms. The van der Waals surface area contributed by atoms with Crippen molar-refractivity contribution in [1.82, 2.24) is 14.7 Å². The highest BCUT2D eigenvalue weighted by Crippen LogP contribution is 2.18. The van der Waals surface area contributed by atoms with Gasteiger partial charge in [-0.05, 0) is 13.0 Å². The van der Waals surface area contributed by atoms with Crippen molar-refractivity contribution in [1.29, 1.82) is 0 Å². The van der Waals surface area contributed by atoms with E-state index >= 15 is 0 Å². The molecule has 0 aromatic heterocycles. The van der Waals surface area contributed by atoms with E-state index in [0.717, 1.165) is 32.6 Å². The molecule has 6 heteroatoms. The highest BCUT2D eigenvalue weighted by Gasteiger charge is 2.39. The fourth-order valence-corrected chi connectivity index (χ4v) is 2.69. The molecule has 18 heavy (non-hydrogen) atoms. The van der Waals surface area contributed by atoms with Gasteiger partial charge < -0.3 is 5.11 Å². The van der Waals surface area contributed by atoms with E-state index in [1.165, 1.54) is 4.90 Å². The predicted octanol–water partition coefficient (Wildman–Crippen LogP) is -1.26. The van der Waals surface area contributed by atoms with Crippen LogP contribution in [0.25, 0.3) is 0 Å². The van der Waals surface area contributed by atoms with Gasteiger partial charge in [0.2, 0.25) is 11.8 Å². The molecule has 1 N–H and O–H groups in total. The predicted molar refractivity (Wildman–Crippen MR) is 65.9 cm³/mol. The van der Waals surface area contributed by atoms with Gasteiger partial charge in [-0.2, -0.15) is 0 Å². The molecule has 2 amide bonds. The second-order valence-corrected chi connectivity index (χ2v) is 4.97. The number of hydrogen-bond donors (Lipinski definition) is 1. The van der Waals surface area contributed by atoms with E-state index in [9.17, 15) is 9.59 Å². The van der Waals surface area contributed by atoms with Gasteiger partial charge in [0.05, 0.1) is 19.1 Å². The maximum absolute atomic E-state index is 11.9. The Morgan fingerprint density at radius 2 is 2.00 bits per heavy atom. The second kappa shape index (κ2) is 5.77. The van der Waals surface area contributed by atoms with E-state index < -0.39 is 0 Å². The number of amides is 2. The number of nitrogens with zero attached hydrogens (tertiary/aromatic N) is 3. The Hall–Kier alpha value is -0.980. The molecule has 0 aromatic rings. The molecular weight excluding hydrogens is 234 g/mol. The first-order valence-corrected chi connectivity index (χ1v) is 6.51. The second-order valence-electron chi connectivity index (χ2n) is 4.97. The molecule has 1 unspecified atom stereocenters. The van der Waals surface area contributed by atoms with Crippen molar-refractivity contribution in [2.24, 2.45) is 0 Å². The van der Waals surface area contributed by atoms with Crippen LogP contribution in [0, 0.1) is 0 Å². The highest BCUT2D eigenvalue weighted by atomic mass is 16.3. The van der Waals surface area contributed by atoms with Crippen LogP contribution in [0.4, 0.5) is 0 Å². The van der Waals surface area contributed by atoms with Gasteiger partial charge in [-0.15, -0.1) is 0 Å². The standard InChI is InChI=1S/C12H21N3O3/c1-13-11(17)9-10(12(13)18)15-4-2-3-14(5-6-15)7-8-16/h10,16H,2-9H2,1H3. The van der Waals surface area contributed by atoms with Crippen LogP contribution in [0.1, 0.15) is 12.8 Å². The van der Waals surface area contributed by atoms with Crippen molar-refractivity contribution >= 4 is 11.8 Å². The van der Waals surface area contributed by atoms with Gasteiger partial charge in [0.1, 0.15) is 0 Å². The van der Waals surface area contributed by atoms with Crippen LogP contribution in [0.15, 0.2) is 0 Å². The van der Waals surface area contributed by atoms with Gasteiger partial charge in [-0.25, -0.2) is 0 Å². The Bertz CT molecular complexity index is 335. The van der Waals surface area contributed by atoms with Gasteiger partial charge >= 0.3 is 0 Å². The number of rotatable bonds is 3. The fraction of sp³-hybridized carbons (Fsp3) is 0.833. The monoisotopic (exact) mass is 255 g/mol. The molecule has 2 rings (SSSR count). The maximum Gasteiger partial charge on any atom is 0.246 e. The van der Waals surface area contributed by atoms with Crippen molar-refractivity contribution < 1.29 is 14.7 Å². The third kappa shape index (κ3) is 2.71. The van der Waals surface area contributed by atoms with E-state index in [4.69, 9.17) is 5.11 Å².